The molecule has 1 heterocycles. The lowest BCUT2D eigenvalue weighted by atomic mass is 10.1. The van der Waals surface area contributed by atoms with E-state index in [1.165, 1.54) is 4.90 Å². The lowest BCUT2D eigenvalue weighted by Crippen LogP contribution is -2.30. The first-order valence-electron chi connectivity index (χ1n) is 7.16. The molecule has 6 heteroatoms. The molecule has 0 bridgehead atoms. The molecule has 0 saturated heterocycles. The second-order valence-corrected chi connectivity index (χ2v) is 7.76. The molecular weight excluding hydrogens is 301 g/mol. The number of imide groups is 1. The molecule has 5 nitrogen and oxygen atoms in total. The van der Waals surface area contributed by atoms with E-state index in [2.05, 4.69) is 5.92 Å². The van der Waals surface area contributed by atoms with Gasteiger partial charge in [-0.3, -0.25) is 19.1 Å². The van der Waals surface area contributed by atoms with Crippen molar-refractivity contribution in [2.75, 3.05) is 18.9 Å². The number of rotatable bonds is 7. The third kappa shape index (κ3) is 3.65. The zero-order valence-electron chi connectivity index (χ0n) is 12.2. The molecule has 1 aliphatic heterocycles. The largest absolute Gasteiger partial charge is 0.344 e. The van der Waals surface area contributed by atoms with Crippen LogP contribution in [-0.4, -0.2) is 40.5 Å². The molecule has 1 aliphatic rings. The molecule has 0 aliphatic carbocycles. The number of fused-ring (bicyclic) bond motifs is 1. The van der Waals surface area contributed by atoms with Crippen LogP contribution in [0.25, 0.3) is 0 Å². The average Bonchev–Trinajstić information content (AvgIpc) is 2.72. The predicted octanol–water partition coefficient (Wildman–Crippen LogP) is 2.36. The molecule has 0 radical (unpaired) electrons. The van der Waals surface area contributed by atoms with Crippen molar-refractivity contribution in [2.45, 2.75) is 19.3 Å². The Bertz CT molecular complexity index is 642. The van der Waals surface area contributed by atoms with Gasteiger partial charge in [0, 0.05) is 12.7 Å². The van der Waals surface area contributed by atoms with Crippen LogP contribution in [-0.2, 0) is 4.57 Å². The van der Waals surface area contributed by atoms with Gasteiger partial charge in [-0.2, -0.15) is 0 Å². The molecule has 2 rings (SSSR count). The fourth-order valence-electron chi connectivity index (χ4n) is 2.47. The van der Waals surface area contributed by atoms with E-state index >= 15 is 0 Å². The van der Waals surface area contributed by atoms with E-state index in [9.17, 15) is 19.0 Å². The number of hydrogen-bond donors (Lipinski definition) is 1. The highest BCUT2D eigenvalue weighted by atomic mass is 31.2. The Morgan fingerprint density at radius 2 is 1.68 bits per heavy atom. The summed E-state index contributed by atoms with van der Waals surface area (Å²) in [4.78, 5) is 35.0. The highest BCUT2D eigenvalue weighted by Gasteiger charge is 2.34. The Hall–Kier alpha value is -1.89. The van der Waals surface area contributed by atoms with Gasteiger partial charge in [-0.15, -0.1) is 6.42 Å². The van der Waals surface area contributed by atoms with Crippen LogP contribution in [0.3, 0.4) is 0 Å². The van der Waals surface area contributed by atoms with Crippen LogP contribution >= 0.6 is 7.37 Å². The maximum absolute atomic E-state index is 12.1. The Balaban J connectivity index is 1.80. The topological polar surface area (TPSA) is 74.7 Å². The van der Waals surface area contributed by atoms with Crippen molar-refractivity contribution in [1.29, 1.82) is 0 Å². The summed E-state index contributed by atoms with van der Waals surface area (Å²) in [5, 5.41) is 0. The summed E-state index contributed by atoms with van der Waals surface area (Å²) in [5.74, 6) is 1.68. The summed E-state index contributed by atoms with van der Waals surface area (Å²) < 4.78 is 11.6. The van der Waals surface area contributed by atoms with Gasteiger partial charge in [0.2, 0.25) is 7.37 Å². The summed E-state index contributed by atoms with van der Waals surface area (Å²) in [5.41, 5.74) is 0.891. The van der Waals surface area contributed by atoms with Gasteiger partial charge in [0.15, 0.2) is 0 Å². The summed E-state index contributed by atoms with van der Waals surface area (Å²) in [6.45, 7) is 0.331. The fourth-order valence-corrected chi connectivity index (χ4v) is 3.63. The predicted molar refractivity (Wildman–Crippen MR) is 84.1 cm³/mol. The number of hydrogen-bond acceptors (Lipinski definition) is 3. The maximum atomic E-state index is 12.1. The van der Waals surface area contributed by atoms with Crippen molar-refractivity contribution in [3.05, 3.63) is 35.4 Å². The number of unbranched alkanes of at least 4 members (excludes halogenated alkanes) is 2. The zero-order chi connectivity index (χ0) is 16.2. The molecule has 116 valence electrons. The van der Waals surface area contributed by atoms with E-state index < -0.39 is 7.37 Å². The number of carbonyl (C=O) groups is 2. The Morgan fingerprint density at radius 3 is 2.23 bits per heavy atom. The maximum Gasteiger partial charge on any atom is 0.261 e. The van der Waals surface area contributed by atoms with E-state index in [1.807, 2.05) is 0 Å². The van der Waals surface area contributed by atoms with Crippen molar-refractivity contribution in [1.82, 2.24) is 4.90 Å². The molecule has 1 N–H and O–H groups in total. The van der Waals surface area contributed by atoms with E-state index in [0.29, 0.717) is 36.9 Å². The minimum Gasteiger partial charge on any atom is -0.344 e. The van der Waals surface area contributed by atoms with Crippen LogP contribution in [0.4, 0.5) is 0 Å². The molecule has 22 heavy (non-hydrogen) atoms. The molecule has 0 aromatic heterocycles. The van der Waals surface area contributed by atoms with Gasteiger partial charge < -0.3 is 4.89 Å². The molecule has 0 fully saturated rings. The third-order valence-electron chi connectivity index (χ3n) is 3.61. The zero-order valence-corrected chi connectivity index (χ0v) is 13.1. The Kier molecular flexibility index (Phi) is 5.18. The van der Waals surface area contributed by atoms with Crippen molar-refractivity contribution >= 4 is 19.2 Å². The number of amides is 2. The van der Waals surface area contributed by atoms with E-state index in [-0.39, 0.29) is 24.1 Å². The van der Waals surface area contributed by atoms with Crippen molar-refractivity contribution < 1.29 is 19.0 Å². The quantitative estimate of drug-likeness (QED) is 0.362. The molecular formula is C16H18NO4P. The molecule has 2 amide bonds. The Labute approximate surface area is 129 Å². The van der Waals surface area contributed by atoms with E-state index in [0.717, 1.165) is 0 Å². The molecule has 0 saturated carbocycles. The van der Waals surface area contributed by atoms with Crippen LogP contribution in [0.5, 0.6) is 0 Å². The van der Waals surface area contributed by atoms with E-state index in [4.69, 9.17) is 6.42 Å². The second-order valence-electron chi connectivity index (χ2n) is 5.30. The number of carbonyl (C=O) groups excluding carboxylic acids is 2. The van der Waals surface area contributed by atoms with Gasteiger partial charge in [0.1, 0.15) is 0 Å². The molecule has 0 spiro atoms. The first-order valence-corrected chi connectivity index (χ1v) is 9.19. The van der Waals surface area contributed by atoms with Gasteiger partial charge >= 0.3 is 0 Å². The first kappa shape index (κ1) is 16.5. The third-order valence-corrected chi connectivity index (χ3v) is 5.30. The van der Waals surface area contributed by atoms with E-state index in [1.54, 1.807) is 24.3 Å². The number of nitrogens with zero attached hydrogens (tertiary/aromatic N) is 1. The molecule has 1 aromatic rings. The van der Waals surface area contributed by atoms with Gasteiger partial charge in [-0.25, -0.2) is 0 Å². The van der Waals surface area contributed by atoms with Gasteiger partial charge in [-0.05, 0) is 25.0 Å². The normalized spacial score (nSPS) is 16.3. The Morgan fingerprint density at radius 1 is 1.09 bits per heavy atom. The lowest BCUT2D eigenvalue weighted by Gasteiger charge is -2.14. The SMILES string of the molecule is C#CCP(=O)(O)CCCCCN1C(=O)c2ccccc2C1=O. The van der Waals surface area contributed by atoms with Gasteiger partial charge in [0.25, 0.3) is 11.8 Å². The summed E-state index contributed by atoms with van der Waals surface area (Å²) >= 11 is 0. The number of terminal acetylenes is 1. The van der Waals surface area contributed by atoms with Crippen molar-refractivity contribution in [2.24, 2.45) is 0 Å². The van der Waals surface area contributed by atoms with Crippen LogP contribution < -0.4 is 0 Å². The summed E-state index contributed by atoms with van der Waals surface area (Å²) in [6, 6.07) is 6.77. The standard InChI is InChI=1S/C16H18NO4P/c1-2-11-22(20,21)12-7-3-6-10-17-15(18)13-8-4-5-9-14(13)16(17)19/h1,4-5,8-9H,3,6-7,10-12H2,(H,20,21). The fraction of sp³-hybridized carbons (Fsp3) is 0.375. The smallest absolute Gasteiger partial charge is 0.261 e. The monoisotopic (exact) mass is 319 g/mol. The molecule has 1 unspecified atom stereocenters. The minimum absolute atomic E-state index is 0.106. The van der Waals surface area contributed by atoms with Crippen LogP contribution in [0.1, 0.15) is 40.0 Å². The van der Waals surface area contributed by atoms with Crippen LogP contribution in [0.15, 0.2) is 24.3 Å². The highest BCUT2D eigenvalue weighted by molar-refractivity contribution is 7.58. The summed E-state index contributed by atoms with van der Waals surface area (Å²) in [6.07, 6.45) is 6.95. The van der Waals surface area contributed by atoms with Gasteiger partial charge in [0.05, 0.1) is 17.3 Å². The minimum atomic E-state index is -3.21. The first-order chi connectivity index (χ1) is 10.5. The van der Waals surface area contributed by atoms with Crippen molar-refractivity contribution in [3.63, 3.8) is 0 Å². The lowest BCUT2D eigenvalue weighted by molar-refractivity contribution is 0.0651. The number of benzene rings is 1. The second kappa shape index (κ2) is 6.91. The molecule has 1 aromatic carbocycles. The average molecular weight is 319 g/mol. The van der Waals surface area contributed by atoms with Gasteiger partial charge in [-0.1, -0.05) is 24.5 Å². The highest BCUT2D eigenvalue weighted by Crippen LogP contribution is 2.40. The summed E-state index contributed by atoms with van der Waals surface area (Å²) in [7, 11) is -3.21. The van der Waals surface area contributed by atoms with Crippen LogP contribution in [0, 0.1) is 12.3 Å². The molecule has 1 atom stereocenters. The van der Waals surface area contributed by atoms with Crippen molar-refractivity contribution in [3.8, 4) is 12.3 Å². The van der Waals surface area contributed by atoms with Crippen LogP contribution in [0.2, 0.25) is 0 Å².